The van der Waals surface area contributed by atoms with Crippen molar-refractivity contribution in [1.82, 2.24) is 0 Å². The van der Waals surface area contributed by atoms with Gasteiger partial charge in [0.1, 0.15) is 0 Å². The Balaban J connectivity index is 0. The summed E-state index contributed by atoms with van der Waals surface area (Å²) in [7, 11) is -1.65. The first-order valence-electron chi connectivity index (χ1n) is 7.36. The van der Waals surface area contributed by atoms with Gasteiger partial charge in [-0.15, -0.1) is 12.8 Å². The number of hydrogen-bond donors (Lipinski definition) is 0. The first-order chi connectivity index (χ1) is 8.80. The van der Waals surface area contributed by atoms with Crippen molar-refractivity contribution in [3.05, 3.63) is 44.8 Å². The van der Waals surface area contributed by atoms with E-state index < -0.39 is 8.07 Å². The number of halogens is 2. The summed E-state index contributed by atoms with van der Waals surface area (Å²) in [5.74, 6) is 0. The standard InChI is InChI=1S/C18H26Si.2ClH.Zr/c1-12(2)19(7,17-13(3)8-9-14(17)4)18-15(5)10-11-16(18)6;;;/h12H,8,10H2,1-7H3;2*1H;/q-2;;;+4/p-2. The second kappa shape index (κ2) is 9.21. The molecule has 120 valence electrons. The summed E-state index contributed by atoms with van der Waals surface area (Å²) < 4.78 is 0. The summed E-state index contributed by atoms with van der Waals surface area (Å²) in [4.78, 5) is 0. The molecule has 0 fully saturated rings. The van der Waals surface area contributed by atoms with Crippen molar-refractivity contribution in [1.29, 1.82) is 0 Å². The maximum absolute atomic E-state index is 3.56. The van der Waals surface area contributed by atoms with Crippen LogP contribution in [-0.4, -0.2) is 8.07 Å². The van der Waals surface area contributed by atoms with Crippen LogP contribution in [0.1, 0.15) is 54.4 Å². The molecule has 0 aromatic heterocycles. The van der Waals surface area contributed by atoms with E-state index in [1.54, 1.807) is 21.5 Å². The third kappa shape index (κ3) is 4.00. The molecule has 0 unspecified atom stereocenters. The average Bonchev–Trinajstić information content (AvgIpc) is 2.82. The molecule has 2 aliphatic rings. The first-order valence-corrected chi connectivity index (χ1v) is 9.93. The molecular formula is C18H26Cl2SiZr. The zero-order valence-corrected chi connectivity index (χ0v) is 19.7. The van der Waals surface area contributed by atoms with Gasteiger partial charge < -0.3 is 24.8 Å². The molecule has 0 nitrogen and oxygen atoms in total. The summed E-state index contributed by atoms with van der Waals surface area (Å²) in [6, 6.07) is 0. The van der Waals surface area contributed by atoms with Crippen molar-refractivity contribution in [3.63, 3.8) is 0 Å². The van der Waals surface area contributed by atoms with E-state index in [0.29, 0.717) is 5.54 Å². The molecular weight excluding hydrogens is 406 g/mol. The summed E-state index contributed by atoms with van der Waals surface area (Å²) in [5.41, 5.74) is 6.66. The summed E-state index contributed by atoms with van der Waals surface area (Å²) >= 11 is 0. The SMILES string of the molecule is CC1=[C-]CC(C)=C1[Si](C)(C1=C(C)C[C-]=C1C)C(C)C.[Cl-].[Cl-].[Zr+4]. The van der Waals surface area contributed by atoms with E-state index in [2.05, 4.69) is 60.2 Å². The molecule has 0 atom stereocenters. The van der Waals surface area contributed by atoms with Gasteiger partial charge in [-0.05, 0) is 0 Å². The molecule has 0 saturated carbocycles. The number of rotatable bonds is 3. The van der Waals surface area contributed by atoms with Crippen LogP contribution in [0, 0.1) is 12.2 Å². The smallest absolute Gasteiger partial charge is 1.00 e. The van der Waals surface area contributed by atoms with Crippen molar-refractivity contribution >= 4 is 8.07 Å². The van der Waals surface area contributed by atoms with Crippen LogP contribution in [0.4, 0.5) is 0 Å². The van der Waals surface area contributed by atoms with E-state index in [9.17, 15) is 0 Å². The maximum Gasteiger partial charge on any atom is 4.00 e. The van der Waals surface area contributed by atoms with Crippen molar-refractivity contribution in [2.45, 2.75) is 66.5 Å². The molecule has 2 rings (SSSR count). The molecule has 0 aromatic carbocycles. The Hall–Kier alpha value is 0.640. The third-order valence-electron chi connectivity index (χ3n) is 5.03. The van der Waals surface area contributed by atoms with Crippen LogP contribution in [0.15, 0.2) is 32.7 Å². The quantitative estimate of drug-likeness (QED) is 0.417. The van der Waals surface area contributed by atoms with Gasteiger partial charge in [0, 0.05) is 0 Å². The largest absolute Gasteiger partial charge is 4.00 e. The fraction of sp³-hybridized carbons (Fsp3) is 0.556. The van der Waals surface area contributed by atoms with Crippen LogP contribution in [0.25, 0.3) is 0 Å². The molecule has 0 amide bonds. The van der Waals surface area contributed by atoms with Crippen molar-refractivity contribution in [3.8, 4) is 0 Å². The fourth-order valence-corrected chi connectivity index (χ4v) is 8.98. The Kier molecular flexibility index (Phi) is 10.4. The second-order valence-corrected chi connectivity index (χ2v) is 11.2. The van der Waals surface area contributed by atoms with Gasteiger partial charge in [0.05, 0.1) is 0 Å². The van der Waals surface area contributed by atoms with Gasteiger partial charge in [-0.2, -0.15) is 11.1 Å². The molecule has 0 radical (unpaired) electrons. The minimum Gasteiger partial charge on any atom is -1.00 e. The fourth-order valence-electron chi connectivity index (χ4n) is 3.89. The second-order valence-electron chi connectivity index (χ2n) is 6.62. The molecule has 22 heavy (non-hydrogen) atoms. The van der Waals surface area contributed by atoms with Gasteiger partial charge in [0.15, 0.2) is 0 Å². The van der Waals surface area contributed by atoms with Gasteiger partial charge in [0.2, 0.25) is 0 Å². The molecule has 0 aromatic rings. The van der Waals surface area contributed by atoms with Gasteiger partial charge in [-0.3, -0.25) is 12.2 Å². The zero-order valence-electron chi connectivity index (χ0n) is 14.7. The van der Waals surface area contributed by atoms with Gasteiger partial charge in [0.25, 0.3) is 0 Å². The van der Waals surface area contributed by atoms with E-state index in [0.717, 1.165) is 12.8 Å². The Morgan fingerprint density at radius 2 is 1.14 bits per heavy atom. The molecule has 0 N–H and O–H groups in total. The van der Waals surface area contributed by atoms with E-state index >= 15 is 0 Å². The van der Waals surface area contributed by atoms with Gasteiger partial charge in [-0.25, -0.2) is 21.5 Å². The summed E-state index contributed by atoms with van der Waals surface area (Å²) in [6.45, 7) is 16.5. The van der Waals surface area contributed by atoms with Gasteiger partial charge in [-0.1, -0.05) is 61.7 Å². The van der Waals surface area contributed by atoms with Crippen molar-refractivity contribution < 1.29 is 51.0 Å². The minimum absolute atomic E-state index is 0. The average molecular weight is 433 g/mol. The van der Waals surface area contributed by atoms with Crippen LogP contribution in [0.5, 0.6) is 0 Å². The van der Waals surface area contributed by atoms with Crippen LogP contribution < -0.4 is 24.8 Å². The van der Waals surface area contributed by atoms with E-state index in [1.807, 2.05) is 0 Å². The molecule has 0 heterocycles. The number of allylic oxidation sites excluding steroid dienone is 8. The van der Waals surface area contributed by atoms with E-state index in [4.69, 9.17) is 0 Å². The topological polar surface area (TPSA) is 0 Å². The summed E-state index contributed by atoms with van der Waals surface area (Å²) in [6.07, 6.45) is 9.19. The first kappa shape index (κ1) is 24.9. The molecule has 0 spiro atoms. The van der Waals surface area contributed by atoms with Crippen LogP contribution in [0.3, 0.4) is 0 Å². The Morgan fingerprint density at radius 3 is 1.32 bits per heavy atom. The molecule has 0 saturated heterocycles. The van der Waals surface area contributed by atoms with Crippen molar-refractivity contribution in [2.24, 2.45) is 0 Å². The molecule has 0 aliphatic heterocycles. The normalized spacial score (nSPS) is 17.8. The maximum atomic E-state index is 3.56. The van der Waals surface area contributed by atoms with Crippen LogP contribution >= 0.6 is 0 Å². The summed E-state index contributed by atoms with van der Waals surface area (Å²) in [5, 5.41) is 3.33. The van der Waals surface area contributed by atoms with Crippen LogP contribution in [0.2, 0.25) is 12.1 Å². The van der Waals surface area contributed by atoms with Crippen LogP contribution in [-0.2, 0) is 26.2 Å². The molecule has 0 bridgehead atoms. The van der Waals surface area contributed by atoms with Gasteiger partial charge >= 0.3 is 26.2 Å². The number of hydrogen-bond acceptors (Lipinski definition) is 0. The Bertz CT molecular complexity index is 497. The van der Waals surface area contributed by atoms with Crippen molar-refractivity contribution in [2.75, 3.05) is 0 Å². The van der Waals surface area contributed by atoms with E-state index in [-0.39, 0.29) is 51.0 Å². The third-order valence-corrected chi connectivity index (χ3v) is 11.0. The molecule has 4 heteroatoms. The predicted octanol–water partition coefficient (Wildman–Crippen LogP) is -0.502. The Morgan fingerprint density at radius 1 is 0.818 bits per heavy atom. The monoisotopic (exact) mass is 430 g/mol. The predicted molar refractivity (Wildman–Crippen MR) is 86.2 cm³/mol. The van der Waals surface area contributed by atoms with E-state index in [1.165, 1.54) is 11.1 Å². The Labute approximate surface area is 169 Å². The molecule has 2 aliphatic carbocycles. The minimum atomic E-state index is -1.65. The zero-order chi connectivity index (χ0) is 14.4.